The standard InChI is InChI=1S/C20H22N2O4/c1-11(2)21-19(24)17-6-5-16(9-13(17)4)22-18(23)14-7-12(3)8-15(10-14)20(25)26/h5-11H,1-4H3,(H,21,24)(H,22,23)(H,25,26). The van der Waals surface area contributed by atoms with Gasteiger partial charge in [-0.05, 0) is 75.2 Å². The van der Waals surface area contributed by atoms with E-state index in [0.29, 0.717) is 16.8 Å². The summed E-state index contributed by atoms with van der Waals surface area (Å²) < 4.78 is 0. The predicted molar refractivity (Wildman–Crippen MR) is 99.9 cm³/mol. The zero-order valence-corrected chi connectivity index (χ0v) is 15.2. The molecule has 2 aromatic rings. The van der Waals surface area contributed by atoms with E-state index < -0.39 is 11.9 Å². The second-order valence-electron chi connectivity index (χ2n) is 6.50. The molecule has 26 heavy (non-hydrogen) atoms. The summed E-state index contributed by atoms with van der Waals surface area (Å²) in [5.74, 6) is -1.66. The number of aryl methyl sites for hydroxylation is 2. The zero-order valence-electron chi connectivity index (χ0n) is 15.2. The van der Waals surface area contributed by atoms with Crippen molar-refractivity contribution < 1.29 is 19.5 Å². The molecular formula is C20H22N2O4. The Morgan fingerprint density at radius 3 is 2.15 bits per heavy atom. The van der Waals surface area contributed by atoms with E-state index in [1.165, 1.54) is 12.1 Å². The Balaban J connectivity index is 2.21. The molecular weight excluding hydrogens is 332 g/mol. The second kappa shape index (κ2) is 7.82. The van der Waals surface area contributed by atoms with Gasteiger partial charge in [-0.15, -0.1) is 0 Å². The van der Waals surface area contributed by atoms with Gasteiger partial charge in [0.1, 0.15) is 0 Å². The molecule has 0 aliphatic carbocycles. The normalized spacial score (nSPS) is 10.5. The molecule has 0 aliphatic heterocycles. The van der Waals surface area contributed by atoms with Gasteiger partial charge in [0.15, 0.2) is 0 Å². The smallest absolute Gasteiger partial charge is 0.335 e. The van der Waals surface area contributed by atoms with E-state index in [0.717, 1.165) is 5.56 Å². The van der Waals surface area contributed by atoms with E-state index in [1.54, 1.807) is 38.1 Å². The van der Waals surface area contributed by atoms with E-state index in [-0.39, 0.29) is 23.1 Å². The number of hydrogen-bond acceptors (Lipinski definition) is 3. The number of hydrogen-bond donors (Lipinski definition) is 3. The van der Waals surface area contributed by atoms with Crippen LogP contribution in [-0.4, -0.2) is 28.9 Å². The SMILES string of the molecule is Cc1cc(C(=O)O)cc(C(=O)Nc2ccc(C(=O)NC(C)C)c(C)c2)c1. The summed E-state index contributed by atoms with van der Waals surface area (Å²) in [6.07, 6.45) is 0. The van der Waals surface area contributed by atoms with Crippen LogP contribution in [0.3, 0.4) is 0 Å². The Bertz CT molecular complexity index is 872. The maximum absolute atomic E-state index is 12.4. The molecule has 0 spiro atoms. The summed E-state index contributed by atoms with van der Waals surface area (Å²) in [6, 6.07) is 9.51. The number of anilines is 1. The molecule has 0 aliphatic rings. The maximum Gasteiger partial charge on any atom is 0.335 e. The van der Waals surface area contributed by atoms with Crippen LogP contribution in [0.15, 0.2) is 36.4 Å². The first-order chi connectivity index (χ1) is 12.2. The fraction of sp³-hybridized carbons (Fsp3) is 0.250. The quantitative estimate of drug-likeness (QED) is 0.767. The van der Waals surface area contributed by atoms with Crippen molar-refractivity contribution in [3.05, 3.63) is 64.2 Å². The monoisotopic (exact) mass is 354 g/mol. The van der Waals surface area contributed by atoms with Crippen LogP contribution in [0.4, 0.5) is 5.69 Å². The number of carbonyl (C=O) groups excluding carboxylic acids is 2. The van der Waals surface area contributed by atoms with Crippen LogP contribution < -0.4 is 10.6 Å². The first kappa shape index (κ1) is 19.2. The predicted octanol–water partition coefficient (Wildman–Crippen LogP) is 3.39. The fourth-order valence-corrected chi connectivity index (χ4v) is 2.58. The molecule has 0 fully saturated rings. The lowest BCUT2D eigenvalue weighted by atomic mass is 10.0. The average molecular weight is 354 g/mol. The van der Waals surface area contributed by atoms with Gasteiger partial charge in [-0.2, -0.15) is 0 Å². The summed E-state index contributed by atoms with van der Waals surface area (Å²) in [5.41, 5.74) is 2.82. The maximum atomic E-state index is 12.4. The molecule has 0 aromatic heterocycles. The van der Waals surface area contributed by atoms with Crippen LogP contribution in [0.5, 0.6) is 0 Å². The Morgan fingerprint density at radius 1 is 0.923 bits per heavy atom. The fourth-order valence-electron chi connectivity index (χ4n) is 2.58. The topological polar surface area (TPSA) is 95.5 Å². The van der Waals surface area contributed by atoms with Crippen molar-refractivity contribution in [2.45, 2.75) is 33.7 Å². The third kappa shape index (κ3) is 4.69. The van der Waals surface area contributed by atoms with E-state index in [2.05, 4.69) is 10.6 Å². The van der Waals surface area contributed by atoms with Crippen LogP contribution in [0.2, 0.25) is 0 Å². The second-order valence-corrected chi connectivity index (χ2v) is 6.50. The number of rotatable bonds is 5. The van der Waals surface area contributed by atoms with Crippen molar-refractivity contribution in [2.75, 3.05) is 5.32 Å². The molecule has 0 heterocycles. The summed E-state index contributed by atoms with van der Waals surface area (Å²) in [7, 11) is 0. The minimum Gasteiger partial charge on any atom is -0.478 e. The van der Waals surface area contributed by atoms with Gasteiger partial charge < -0.3 is 15.7 Å². The van der Waals surface area contributed by atoms with Crippen LogP contribution >= 0.6 is 0 Å². The molecule has 0 unspecified atom stereocenters. The van der Waals surface area contributed by atoms with Crippen molar-refractivity contribution in [1.82, 2.24) is 5.32 Å². The number of carboxylic acids is 1. The lowest BCUT2D eigenvalue weighted by Gasteiger charge is -2.12. The number of amides is 2. The Kier molecular flexibility index (Phi) is 5.77. The van der Waals surface area contributed by atoms with Crippen molar-refractivity contribution >= 4 is 23.5 Å². The minimum atomic E-state index is -1.08. The number of carboxylic acid groups (broad SMARTS) is 1. The van der Waals surface area contributed by atoms with E-state index in [9.17, 15) is 14.4 Å². The highest BCUT2D eigenvalue weighted by Crippen LogP contribution is 2.17. The summed E-state index contributed by atoms with van der Waals surface area (Å²) >= 11 is 0. The molecule has 2 rings (SSSR count). The van der Waals surface area contributed by atoms with Crippen LogP contribution in [-0.2, 0) is 0 Å². The van der Waals surface area contributed by atoms with Crippen LogP contribution in [0.1, 0.15) is 56.0 Å². The van der Waals surface area contributed by atoms with Gasteiger partial charge in [0.25, 0.3) is 11.8 Å². The van der Waals surface area contributed by atoms with Crippen molar-refractivity contribution in [3.63, 3.8) is 0 Å². The highest BCUT2D eigenvalue weighted by atomic mass is 16.4. The number of carbonyl (C=O) groups is 3. The van der Waals surface area contributed by atoms with E-state index in [4.69, 9.17) is 5.11 Å². The minimum absolute atomic E-state index is 0.0334. The zero-order chi connectivity index (χ0) is 19.4. The Labute approximate surface area is 152 Å². The van der Waals surface area contributed by atoms with E-state index >= 15 is 0 Å². The van der Waals surface area contributed by atoms with Gasteiger partial charge >= 0.3 is 5.97 Å². The molecule has 2 amide bonds. The number of aromatic carboxylic acids is 1. The van der Waals surface area contributed by atoms with Crippen molar-refractivity contribution in [1.29, 1.82) is 0 Å². The Morgan fingerprint density at radius 2 is 1.58 bits per heavy atom. The molecule has 3 N–H and O–H groups in total. The molecule has 6 heteroatoms. The highest BCUT2D eigenvalue weighted by molar-refractivity contribution is 6.06. The largest absolute Gasteiger partial charge is 0.478 e. The lowest BCUT2D eigenvalue weighted by molar-refractivity contribution is 0.0696. The van der Waals surface area contributed by atoms with Gasteiger partial charge in [0, 0.05) is 22.9 Å². The molecule has 2 aromatic carbocycles. The molecule has 136 valence electrons. The average Bonchev–Trinajstić information content (AvgIpc) is 2.53. The molecule has 0 bridgehead atoms. The van der Waals surface area contributed by atoms with E-state index in [1.807, 2.05) is 13.8 Å². The number of nitrogens with one attached hydrogen (secondary N) is 2. The van der Waals surface area contributed by atoms with Crippen molar-refractivity contribution in [3.8, 4) is 0 Å². The molecule has 6 nitrogen and oxygen atoms in total. The first-order valence-electron chi connectivity index (χ1n) is 8.25. The van der Waals surface area contributed by atoms with Gasteiger partial charge in [0.2, 0.25) is 0 Å². The van der Waals surface area contributed by atoms with Crippen LogP contribution in [0, 0.1) is 13.8 Å². The lowest BCUT2D eigenvalue weighted by Crippen LogP contribution is -2.30. The third-order valence-electron chi connectivity index (χ3n) is 3.74. The molecule has 0 saturated heterocycles. The molecule has 0 atom stereocenters. The highest BCUT2D eigenvalue weighted by Gasteiger charge is 2.14. The third-order valence-corrected chi connectivity index (χ3v) is 3.74. The van der Waals surface area contributed by atoms with Crippen LogP contribution in [0.25, 0.3) is 0 Å². The molecule has 0 saturated carbocycles. The summed E-state index contributed by atoms with van der Waals surface area (Å²) in [6.45, 7) is 7.29. The Hall–Kier alpha value is -3.15. The first-order valence-corrected chi connectivity index (χ1v) is 8.25. The van der Waals surface area contributed by atoms with Crippen molar-refractivity contribution in [2.24, 2.45) is 0 Å². The van der Waals surface area contributed by atoms with Gasteiger partial charge in [-0.3, -0.25) is 9.59 Å². The summed E-state index contributed by atoms with van der Waals surface area (Å²) in [5, 5.41) is 14.7. The molecule has 0 radical (unpaired) electrons. The number of benzene rings is 2. The van der Waals surface area contributed by atoms with Gasteiger partial charge in [-0.1, -0.05) is 0 Å². The van der Waals surface area contributed by atoms with Gasteiger partial charge in [0.05, 0.1) is 5.56 Å². The van der Waals surface area contributed by atoms with Gasteiger partial charge in [-0.25, -0.2) is 4.79 Å². The summed E-state index contributed by atoms with van der Waals surface area (Å²) in [4.78, 5) is 35.7.